The fourth-order valence-corrected chi connectivity index (χ4v) is 6.15. The van der Waals surface area contributed by atoms with Gasteiger partial charge in [0.1, 0.15) is 0 Å². The van der Waals surface area contributed by atoms with Crippen LogP contribution in [-0.4, -0.2) is 36.4 Å². The van der Waals surface area contributed by atoms with Gasteiger partial charge in [-0.1, -0.05) is 36.9 Å². The number of aliphatic imine (C=N–C) groups is 1. The number of anilines is 1. The number of fused-ring (bicyclic) bond motifs is 1. The molecule has 1 aromatic rings. The highest BCUT2D eigenvalue weighted by atomic mass is 32.2. The van der Waals surface area contributed by atoms with Crippen molar-refractivity contribution in [3.8, 4) is 0 Å². The van der Waals surface area contributed by atoms with E-state index in [0.717, 1.165) is 17.3 Å². The minimum absolute atomic E-state index is 0.0636. The molecule has 102 valence electrons. The summed E-state index contributed by atoms with van der Waals surface area (Å²) >= 11 is 1.56. The van der Waals surface area contributed by atoms with Gasteiger partial charge in [-0.3, -0.25) is 4.99 Å². The largest absolute Gasteiger partial charge is 0.335 e. The third kappa shape index (κ3) is 2.65. The van der Waals surface area contributed by atoms with Crippen LogP contribution in [0.15, 0.2) is 29.3 Å². The molecule has 1 saturated heterocycles. The Hall–Kier alpha value is -1.01. The Bertz CT molecular complexity index is 625. The van der Waals surface area contributed by atoms with Gasteiger partial charge in [0.2, 0.25) is 0 Å². The summed E-state index contributed by atoms with van der Waals surface area (Å²) in [4.78, 5) is 4.51. The number of thioether (sulfide) groups is 1. The zero-order valence-electron chi connectivity index (χ0n) is 10.7. The predicted molar refractivity (Wildman–Crippen MR) is 80.7 cm³/mol. The first-order chi connectivity index (χ1) is 9.07. The standard InChI is InChI=1S/C13H16N2O2S2/c1-2-9-5-3-4-6-10(9)14-13-15-11-7-19(16,17)8-12(11)18-13/h3-6,11-12H,2,7-8H2,1H3,(H,14,15)/t11-,12-/m1/s1. The topological polar surface area (TPSA) is 58.5 Å². The lowest BCUT2D eigenvalue weighted by molar-refractivity contribution is 0.601. The number of benzene rings is 1. The molecule has 1 aromatic carbocycles. The fourth-order valence-electron chi connectivity index (χ4n) is 2.48. The van der Waals surface area contributed by atoms with E-state index in [4.69, 9.17) is 0 Å². The molecule has 1 fully saturated rings. The van der Waals surface area contributed by atoms with Crippen molar-refractivity contribution < 1.29 is 8.42 Å². The Labute approximate surface area is 117 Å². The summed E-state index contributed by atoms with van der Waals surface area (Å²) < 4.78 is 23.0. The van der Waals surface area contributed by atoms with Gasteiger partial charge in [0.25, 0.3) is 0 Å². The van der Waals surface area contributed by atoms with E-state index in [9.17, 15) is 8.42 Å². The molecule has 1 N–H and O–H groups in total. The Balaban J connectivity index is 1.76. The van der Waals surface area contributed by atoms with Crippen LogP contribution in [0.3, 0.4) is 0 Å². The number of sulfone groups is 1. The van der Waals surface area contributed by atoms with Gasteiger partial charge < -0.3 is 5.32 Å². The molecule has 3 rings (SSSR count). The van der Waals surface area contributed by atoms with Crippen molar-refractivity contribution in [3.63, 3.8) is 0 Å². The molecule has 0 spiro atoms. The van der Waals surface area contributed by atoms with Crippen molar-refractivity contribution in [3.05, 3.63) is 29.8 Å². The van der Waals surface area contributed by atoms with Crippen molar-refractivity contribution in [2.75, 3.05) is 16.8 Å². The number of aryl methyl sites for hydroxylation is 1. The molecule has 2 heterocycles. The van der Waals surface area contributed by atoms with Gasteiger partial charge in [0.05, 0.1) is 17.5 Å². The number of nitrogens with one attached hydrogen (secondary N) is 1. The molecule has 19 heavy (non-hydrogen) atoms. The van der Waals surface area contributed by atoms with Crippen LogP contribution in [0.1, 0.15) is 12.5 Å². The van der Waals surface area contributed by atoms with Gasteiger partial charge in [-0.15, -0.1) is 0 Å². The lowest BCUT2D eigenvalue weighted by Crippen LogP contribution is -2.13. The van der Waals surface area contributed by atoms with Crippen LogP contribution in [0.5, 0.6) is 0 Å². The third-order valence-corrected chi connectivity index (χ3v) is 6.60. The number of nitrogens with zero attached hydrogens (tertiary/aromatic N) is 1. The first-order valence-corrected chi connectivity index (χ1v) is 9.07. The second kappa shape index (κ2) is 4.83. The number of hydrogen-bond acceptors (Lipinski definition) is 5. The van der Waals surface area contributed by atoms with E-state index in [-0.39, 0.29) is 22.8 Å². The second-order valence-electron chi connectivity index (χ2n) is 4.87. The minimum atomic E-state index is -2.87. The van der Waals surface area contributed by atoms with Crippen molar-refractivity contribution >= 4 is 32.5 Å². The average molecular weight is 296 g/mol. The zero-order valence-corrected chi connectivity index (χ0v) is 12.3. The van der Waals surface area contributed by atoms with Crippen LogP contribution in [-0.2, 0) is 16.3 Å². The molecule has 0 unspecified atom stereocenters. The fraction of sp³-hybridized carbons (Fsp3) is 0.462. The first-order valence-electron chi connectivity index (χ1n) is 6.37. The summed E-state index contributed by atoms with van der Waals surface area (Å²) in [6.45, 7) is 2.12. The van der Waals surface area contributed by atoms with Gasteiger partial charge in [-0.2, -0.15) is 0 Å². The normalized spacial score (nSPS) is 27.9. The SMILES string of the molecule is CCc1ccccc1NC1=N[C@@H]2CS(=O)(=O)C[C@H]2S1. The van der Waals surface area contributed by atoms with Crippen LogP contribution < -0.4 is 5.32 Å². The monoisotopic (exact) mass is 296 g/mol. The van der Waals surface area contributed by atoms with E-state index >= 15 is 0 Å². The molecule has 0 aliphatic carbocycles. The zero-order chi connectivity index (χ0) is 13.5. The molecular weight excluding hydrogens is 280 g/mol. The Morgan fingerprint density at radius 2 is 2.16 bits per heavy atom. The molecule has 2 aliphatic rings. The third-order valence-electron chi connectivity index (χ3n) is 3.46. The summed E-state index contributed by atoms with van der Waals surface area (Å²) in [5.41, 5.74) is 2.31. The molecule has 0 amide bonds. The summed E-state index contributed by atoms with van der Waals surface area (Å²) in [5.74, 6) is 0.456. The van der Waals surface area contributed by atoms with Gasteiger partial charge in [0, 0.05) is 10.9 Å². The minimum Gasteiger partial charge on any atom is -0.335 e. The van der Waals surface area contributed by atoms with Crippen LogP contribution in [0, 0.1) is 0 Å². The van der Waals surface area contributed by atoms with Gasteiger partial charge >= 0.3 is 0 Å². The highest BCUT2D eigenvalue weighted by Crippen LogP contribution is 2.34. The molecule has 2 aliphatic heterocycles. The molecular formula is C13H16N2O2S2. The van der Waals surface area contributed by atoms with Crippen LogP contribution in [0.4, 0.5) is 5.69 Å². The van der Waals surface area contributed by atoms with Crippen molar-refractivity contribution in [1.29, 1.82) is 0 Å². The smallest absolute Gasteiger partial charge is 0.161 e. The van der Waals surface area contributed by atoms with Crippen molar-refractivity contribution in [2.24, 2.45) is 4.99 Å². The number of rotatable bonds is 2. The average Bonchev–Trinajstić information content (AvgIpc) is 2.82. The molecule has 0 radical (unpaired) electrons. The van der Waals surface area contributed by atoms with E-state index in [1.807, 2.05) is 18.2 Å². The molecule has 6 heteroatoms. The Morgan fingerprint density at radius 1 is 1.37 bits per heavy atom. The van der Waals surface area contributed by atoms with Crippen molar-refractivity contribution in [1.82, 2.24) is 0 Å². The molecule has 0 aromatic heterocycles. The molecule has 4 nitrogen and oxygen atoms in total. The predicted octanol–water partition coefficient (Wildman–Crippen LogP) is 1.93. The number of para-hydroxylation sites is 1. The van der Waals surface area contributed by atoms with Crippen LogP contribution >= 0.6 is 11.8 Å². The molecule has 0 bridgehead atoms. The molecule has 2 atom stereocenters. The lowest BCUT2D eigenvalue weighted by Gasteiger charge is -2.10. The van der Waals surface area contributed by atoms with Crippen LogP contribution in [0.2, 0.25) is 0 Å². The lowest BCUT2D eigenvalue weighted by atomic mass is 10.1. The van der Waals surface area contributed by atoms with Gasteiger partial charge in [-0.05, 0) is 18.1 Å². The van der Waals surface area contributed by atoms with E-state index < -0.39 is 9.84 Å². The highest BCUT2D eigenvalue weighted by molar-refractivity contribution is 8.15. The van der Waals surface area contributed by atoms with Gasteiger partial charge in [-0.25, -0.2) is 8.42 Å². The Morgan fingerprint density at radius 3 is 2.89 bits per heavy atom. The maximum absolute atomic E-state index is 11.5. The first kappa shape index (κ1) is 13.0. The van der Waals surface area contributed by atoms with Crippen molar-refractivity contribution in [2.45, 2.75) is 24.6 Å². The van der Waals surface area contributed by atoms with E-state index in [1.165, 1.54) is 5.56 Å². The second-order valence-corrected chi connectivity index (χ2v) is 8.25. The van der Waals surface area contributed by atoms with E-state index in [0.29, 0.717) is 0 Å². The van der Waals surface area contributed by atoms with E-state index in [2.05, 4.69) is 23.3 Å². The Kier molecular flexibility index (Phi) is 3.30. The summed E-state index contributed by atoms with van der Waals surface area (Å²) in [6.07, 6.45) is 0.961. The highest BCUT2D eigenvalue weighted by Gasteiger charge is 2.42. The number of amidine groups is 1. The quantitative estimate of drug-likeness (QED) is 0.906. The summed E-state index contributed by atoms with van der Waals surface area (Å²) in [5, 5.41) is 4.29. The summed E-state index contributed by atoms with van der Waals surface area (Å²) in [7, 11) is -2.87. The van der Waals surface area contributed by atoms with Crippen LogP contribution in [0.25, 0.3) is 0 Å². The van der Waals surface area contributed by atoms with E-state index in [1.54, 1.807) is 11.8 Å². The maximum atomic E-state index is 11.5. The molecule has 0 saturated carbocycles. The summed E-state index contributed by atoms with van der Waals surface area (Å²) in [6, 6.07) is 8.08. The van der Waals surface area contributed by atoms with Gasteiger partial charge in [0.15, 0.2) is 15.0 Å². The maximum Gasteiger partial charge on any atom is 0.161 e. The number of hydrogen-bond donors (Lipinski definition) is 1.